The molecule has 0 saturated carbocycles. The molecule has 5 atom stereocenters. The number of nitrogens with one attached hydrogen (secondary N) is 1. The number of aliphatic hydroxyl groups excluding tert-OH is 3. The zero-order valence-electron chi connectivity index (χ0n) is 14.1. The van der Waals surface area contributed by atoms with Crippen LogP contribution < -0.4 is 11.1 Å². The summed E-state index contributed by atoms with van der Waals surface area (Å²) in [5.74, 6) is -0.497. The van der Waals surface area contributed by atoms with Crippen molar-refractivity contribution >= 4 is 11.8 Å². The molecule has 0 spiro atoms. The number of carbonyl (C=O) groups excluding carboxylic acids is 2. The second-order valence-electron chi connectivity index (χ2n) is 6.45. The van der Waals surface area contributed by atoms with Gasteiger partial charge in [0.25, 0.3) is 0 Å². The summed E-state index contributed by atoms with van der Waals surface area (Å²) in [6, 6.07) is 5.98. The zero-order chi connectivity index (χ0) is 19.1. The normalized spacial score (nSPS) is 34.0. The van der Waals surface area contributed by atoms with E-state index in [9.17, 15) is 19.8 Å². The molecule has 1 aromatic carbocycles. The lowest BCUT2D eigenvalue weighted by Gasteiger charge is -2.36. The quantitative estimate of drug-likeness (QED) is 0.423. The van der Waals surface area contributed by atoms with Crippen LogP contribution in [0, 0.1) is 6.92 Å². The van der Waals surface area contributed by atoms with Crippen molar-refractivity contribution in [2.45, 2.75) is 37.1 Å². The van der Waals surface area contributed by atoms with Crippen molar-refractivity contribution in [2.24, 2.45) is 5.73 Å². The molecule has 1 aromatic rings. The third-order valence-corrected chi connectivity index (χ3v) is 4.53. The molecule has 2 aliphatic heterocycles. The molecule has 2 aliphatic rings. The molecule has 2 heterocycles. The van der Waals surface area contributed by atoms with Gasteiger partial charge in [0.15, 0.2) is 11.9 Å². The highest BCUT2D eigenvalue weighted by atomic mass is 16.6. The van der Waals surface area contributed by atoms with Gasteiger partial charge in [-0.2, -0.15) is 0 Å². The molecule has 2 amide bonds. The van der Waals surface area contributed by atoms with E-state index in [2.05, 4.69) is 5.32 Å². The minimum atomic E-state index is -1.75. The van der Waals surface area contributed by atoms with Gasteiger partial charge in [-0.3, -0.25) is 15.4 Å². The Balaban J connectivity index is 1.81. The third kappa shape index (κ3) is 3.11. The number of rotatable bonds is 4. The van der Waals surface area contributed by atoms with Gasteiger partial charge in [-0.1, -0.05) is 29.8 Å². The van der Waals surface area contributed by atoms with Crippen molar-refractivity contribution in [1.29, 1.82) is 0 Å². The van der Waals surface area contributed by atoms with Crippen LogP contribution in [-0.2, 0) is 4.74 Å². The lowest BCUT2D eigenvalue weighted by Crippen LogP contribution is -2.66. The van der Waals surface area contributed by atoms with Crippen molar-refractivity contribution in [3.05, 3.63) is 47.7 Å². The number of ether oxygens (including phenoxy) is 1. The van der Waals surface area contributed by atoms with Gasteiger partial charge in [0.05, 0.1) is 6.61 Å². The molecule has 0 bridgehead atoms. The maximum Gasteiger partial charge on any atom is 0.325 e. The van der Waals surface area contributed by atoms with Crippen molar-refractivity contribution < 1.29 is 29.6 Å². The number of hydrogen-bond acceptors (Lipinski definition) is 7. The maximum absolute atomic E-state index is 12.7. The lowest BCUT2D eigenvalue weighted by molar-refractivity contribution is -0.0666. The predicted molar refractivity (Wildman–Crippen MR) is 89.7 cm³/mol. The summed E-state index contributed by atoms with van der Waals surface area (Å²) < 4.78 is 5.31. The number of aryl methyl sites for hydroxylation is 1. The van der Waals surface area contributed by atoms with E-state index >= 15 is 0 Å². The molecular formula is C17H21N3O6. The minimum Gasteiger partial charge on any atom is -0.394 e. The number of nitrogens with two attached hydrogens (primary N) is 1. The Morgan fingerprint density at radius 3 is 2.50 bits per heavy atom. The van der Waals surface area contributed by atoms with Crippen LogP contribution in [-0.4, -0.2) is 68.8 Å². The lowest BCUT2D eigenvalue weighted by atomic mass is 9.96. The summed E-state index contributed by atoms with van der Waals surface area (Å²) in [7, 11) is 0. The number of amides is 2. The number of aliphatic hydroxyl groups is 3. The van der Waals surface area contributed by atoms with Crippen LogP contribution in [0.1, 0.15) is 15.9 Å². The maximum atomic E-state index is 12.7. The summed E-state index contributed by atoms with van der Waals surface area (Å²) in [6.45, 7) is 1.37. The van der Waals surface area contributed by atoms with E-state index in [4.69, 9.17) is 15.6 Å². The van der Waals surface area contributed by atoms with E-state index < -0.39 is 48.6 Å². The number of nitrogens with zero attached hydrogens (tertiary/aromatic N) is 1. The number of ketones is 1. The molecule has 1 saturated heterocycles. The van der Waals surface area contributed by atoms with Crippen molar-refractivity contribution in [3.63, 3.8) is 0 Å². The number of benzene rings is 1. The first-order valence-electron chi connectivity index (χ1n) is 8.09. The third-order valence-electron chi connectivity index (χ3n) is 4.53. The second kappa shape index (κ2) is 6.78. The molecule has 0 radical (unpaired) electrons. The van der Waals surface area contributed by atoms with Crippen LogP contribution in [0.2, 0.25) is 0 Å². The highest BCUT2D eigenvalue weighted by Gasteiger charge is 2.48. The van der Waals surface area contributed by atoms with Crippen LogP contribution in [0.15, 0.2) is 36.5 Å². The molecule has 0 aromatic heterocycles. The van der Waals surface area contributed by atoms with Crippen LogP contribution in [0.3, 0.4) is 0 Å². The highest BCUT2D eigenvalue weighted by Crippen LogP contribution is 2.26. The van der Waals surface area contributed by atoms with E-state index in [0.29, 0.717) is 5.56 Å². The first-order chi connectivity index (χ1) is 12.3. The monoisotopic (exact) mass is 363 g/mol. The average Bonchev–Trinajstić information content (AvgIpc) is 2.90. The Bertz CT molecular complexity index is 737. The van der Waals surface area contributed by atoms with E-state index in [0.717, 1.165) is 10.5 Å². The van der Waals surface area contributed by atoms with Gasteiger partial charge in [0, 0.05) is 11.8 Å². The molecule has 140 valence electrons. The molecule has 0 aliphatic carbocycles. The largest absolute Gasteiger partial charge is 0.394 e. The fourth-order valence-electron chi connectivity index (χ4n) is 2.94. The smallest absolute Gasteiger partial charge is 0.325 e. The molecular weight excluding hydrogens is 342 g/mol. The van der Waals surface area contributed by atoms with Gasteiger partial charge in [-0.25, -0.2) is 4.79 Å². The molecule has 3 rings (SSSR count). The van der Waals surface area contributed by atoms with Crippen LogP contribution in [0.5, 0.6) is 0 Å². The molecule has 9 nitrogen and oxygen atoms in total. The summed E-state index contributed by atoms with van der Waals surface area (Å²) in [4.78, 5) is 26.1. The standard InChI is InChI=1S/C17H21N3O6/c1-9-2-4-10(5-3-9)14(24)17(18)6-7-20(16(25)19-17)15-13(23)12(22)11(8-21)26-15/h2-7,11-13,15,21-23H,8,18H2,1H3,(H,19,25)/t11-,12-,13-,15-,17?/m1/s1. The van der Waals surface area contributed by atoms with Gasteiger partial charge >= 0.3 is 6.03 Å². The summed E-state index contributed by atoms with van der Waals surface area (Å²) in [5, 5.41) is 31.4. The summed E-state index contributed by atoms with van der Waals surface area (Å²) in [6.07, 6.45) is -2.48. The molecule has 1 unspecified atom stereocenters. The Morgan fingerprint density at radius 2 is 1.96 bits per heavy atom. The van der Waals surface area contributed by atoms with Crippen LogP contribution in [0.25, 0.3) is 0 Å². The number of hydrogen-bond donors (Lipinski definition) is 5. The van der Waals surface area contributed by atoms with E-state index in [-0.39, 0.29) is 0 Å². The number of urea groups is 1. The van der Waals surface area contributed by atoms with Gasteiger partial charge in [0.1, 0.15) is 18.3 Å². The van der Waals surface area contributed by atoms with Crippen molar-refractivity contribution in [3.8, 4) is 0 Å². The van der Waals surface area contributed by atoms with Crippen LogP contribution in [0.4, 0.5) is 4.79 Å². The molecule has 9 heteroatoms. The number of Topliss-reactive ketones (excluding diaryl/α,β-unsaturated/α-hetero) is 1. The van der Waals surface area contributed by atoms with Gasteiger partial charge in [-0.15, -0.1) is 0 Å². The van der Waals surface area contributed by atoms with Crippen molar-refractivity contribution in [2.75, 3.05) is 6.61 Å². The Morgan fingerprint density at radius 1 is 1.31 bits per heavy atom. The minimum absolute atomic E-state index is 0.337. The van der Waals surface area contributed by atoms with Crippen LogP contribution >= 0.6 is 0 Å². The zero-order valence-corrected chi connectivity index (χ0v) is 14.1. The fraction of sp³-hybridized carbons (Fsp3) is 0.412. The molecule has 6 N–H and O–H groups in total. The molecule has 1 fully saturated rings. The summed E-state index contributed by atoms with van der Waals surface area (Å²) in [5.41, 5.74) is 5.62. The van der Waals surface area contributed by atoms with Gasteiger partial charge in [0.2, 0.25) is 5.78 Å². The Hall–Kier alpha value is -2.30. The first-order valence-corrected chi connectivity index (χ1v) is 8.09. The van der Waals surface area contributed by atoms with Gasteiger partial charge < -0.3 is 25.4 Å². The van der Waals surface area contributed by atoms with E-state index in [1.54, 1.807) is 24.3 Å². The van der Waals surface area contributed by atoms with E-state index in [1.165, 1.54) is 12.3 Å². The fourth-order valence-corrected chi connectivity index (χ4v) is 2.94. The predicted octanol–water partition coefficient (Wildman–Crippen LogP) is -1.19. The Kier molecular flexibility index (Phi) is 4.82. The average molecular weight is 363 g/mol. The molecule has 26 heavy (non-hydrogen) atoms. The number of carbonyl (C=O) groups is 2. The van der Waals surface area contributed by atoms with Crippen molar-refractivity contribution in [1.82, 2.24) is 10.2 Å². The SMILES string of the molecule is Cc1ccc(C(=O)C2(N)C=CN([C@@H]3O[C@H](CO)[C@@H](O)[C@H]3O)C(=O)N2)cc1. The van der Waals surface area contributed by atoms with Gasteiger partial charge in [-0.05, 0) is 13.0 Å². The Labute approximate surface area is 149 Å². The topological polar surface area (TPSA) is 145 Å². The first kappa shape index (κ1) is 18.5. The summed E-state index contributed by atoms with van der Waals surface area (Å²) >= 11 is 0. The highest BCUT2D eigenvalue weighted by molar-refractivity contribution is 6.06. The second-order valence-corrected chi connectivity index (χ2v) is 6.45. The van der Waals surface area contributed by atoms with E-state index in [1.807, 2.05) is 6.92 Å².